The highest BCUT2D eigenvalue weighted by Gasteiger charge is 2.11. The van der Waals surface area contributed by atoms with Crippen molar-refractivity contribution in [1.29, 1.82) is 0 Å². The molecular weight excluding hydrogens is 264 g/mol. The van der Waals surface area contributed by atoms with Gasteiger partial charge in [0.15, 0.2) is 0 Å². The minimum absolute atomic E-state index is 0.0360. The summed E-state index contributed by atoms with van der Waals surface area (Å²) in [6.07, 6.45) is 3.18. The summed E-state index contributed by atoms with van der Waals surface area (Å²) in [7, 11) is 0. The van der Waals surface area contributed by atoms with Crippen LogP contribution in [-0.4, -0.2) is 14.8 Å². The Morgan fingerprint density at radius 3 is 3.07 bits per heavy atom. The molecule has 0 saturated carbocycles. The number of halogens is 1. The Hall–Kier alpha value is -0.720. The van der Waals surface area contributed by atoms with Gasteiger partial charge in [-0.15, -0.1) is 11.3 Å². The van der Waals surface area contributed by atoms with E-state index in [0.29, 0.717) is 6.54 Å². The van der Waals surface area contributed by atoms with Crippen LogP contribution in [0.3, 0.4) is 0 Å². The van der Waals surface area contributed by atoms with Crippen LogP contribution in [0.2, 0.25) is 0 Å². The van der Waals surface area contributed by atoms with Crippen LogP contribution in [0.4, 0.5) is 0 Å². The van der Waals surface area contributed by atoms with Gasteiger partial charge in [-0.25, -0.2) is 4.98 Å². The van der Waals surface area contributed by atoms with E-state index in [1.807, 2.05) is 11.4 Å². The molecule has 2 aromatic heterocycles. The Bertz CT molecular complexity index is 397. The molecule has 6 heteroatoms. The number of aromatic nitrogens is 3. The fourth-order valence-electron chi connectivity index (χ4n) is 1.18. The molecule has 0 aromatic carbocycles. The van der Waals surface area contributed by atoms with Gasteiger partial charge in [-0.05, 0) is 27.4 Å². The first-order valence-corrected chi connectivity index (χ1v) is 5.75. The van der Waals surface area contributed by atoms with Gasteiger partial charge in [0.2, 0.25) is 0 Å². The molecule has 74 valence electrons. The van der Waals surface area contributed by atoms with Crippen molar-refractivity contribution < 1.29 is 0 Å². The van der Waals surface area contributed by atoms with Crippen molar-refractivity contribution >= 4 is 27.3 Å². The van der Waals surface area contributed by atoms with Crippen LogP contribution in [0.25, 0.3) is 0 Å². The minimum Gasteiger partial charge on any atom is -0.322 e. The quantitative estimate of drug-likeness (QED) is 0.927. The topological polar surface area (TPSA) is 56.7 Å². The molecule has 0 spiro atoms. The predicted octanol–water partition coefficient (Wildman–Crippen LogP) is 1.80. The van der Waals surface area contributed by atoms with E-state index in [2.05, 4.69) is 26.0 Å². The van der Waals surface area contributed by atoms with Gasteiger partial charge in [0.05, 0.1) is 12.6 Å². The Balaban J connectivity index is 2.10. The third kappa shape index (κ3) is 2.02. The Morgan fingerprint density at radius 1 is 1.64 bits per heavy atom. The van der Waals surface area contributed by atoms with E-state index in [1.165, 1.54) is 6.33 Å². The van der Waals surface area contributed by atoms with Crippen molar-refractivity contribution in [2.24, 2.45) is 5.73 Å². The molecule has 0 aliphatic rings. The van der Waals surface area contributed by atoms with E-state index in [9.17, 15) is 0 Å². The van der Waals surface area contributed by atoms with Crippen molar-refractivity contribution in [2.45, 2.75) is 12.6 Å². The second-order valence-electron chi connectivity index (χ2n) is 2.86. The summed E-state index contributed by atoms with van der Waals surface area (Å²) in [6.45, 7) is 0.652. The number of rotatable bonds is 3. The highest BCUT2D eigenvalue weighted by atomic mass is 79.9. The third-order valence-corrected chi connectivity index (χ3v) is 3.83. The summed E-state index contributed by atoms with van der Waals surface area (Å²) in [5, 5.41) is 6.03. The molecule has 0 radical (unpaired) electrons. The summed E-state index contributed by atoms with van der Waals surface area (Å²) in [5.41, 5.74) is 6.02. The maximum atomic E-state index is 6.02. The van der Waals surface area contributed by atoms with Crippen LogP contribution in [0, 0.1) is 0 Å². The number of hydrogen-bond donors (Lipinski definition) is 1. The highest BCUT2D eigenvalue weighted by molar-refractivity contribution is 9.10. The Kier molecular flexibility index (Phi) is 2.95. The van der Waals surface area contributed by atoms with E-state index in [1.54, 1.807) is 22.3 Å². The van der Waals surface area contributed by atoms with Gasteiger partial charge < -0.3 is 5.73 Å². The molecule has 14 heavy (non-hydrogen) atoms. The maximum absolute atomic E-state index is 6.02. The van der Waals surface area contributed by atoms with Gasteiger partial charge >= 0.3 is 0 Å². The Morgan fingerprint density at radius 2 is 2.50 bits per heavy atom. The average Bonchev–Trinajstić information content (AvgIpc) is 2.75. The Labute approximate surface area is 93.9 Å². The molecule has 0 amide bonds. The fourth-order valence-corrected chi connectivity index (χ4v) is 2.84. The molecule has 0 aliphatic heterocycles. The lowest BCUT2D eigenvalue weighted by Crippen LogP contribution is -2.17. The summed E-state index contributed by atoms with van der Waals surface area (Å²) < 4.78 is 2.80. The van der Waals surface area contributed by atoms with E-state index in [4.69, 9.17) is 5.73 Å². The zero-order chi connectivity index (χ0) is 9.97. The van der Waals surface area contributed by atoms with Gasteiger partial charge in [0, 0.05) is 9.35 Å². The summed E-state index contributed by atoms with van der Waals surface area (Å²) in [6, 6.07) is 1.97. The molecule has 0 aliphatic carbocycles. The van der Waals surface area contributed by atoms with Crippen LogP contribution in [0.5, 0.6) is 0 Å². The highest BCUT2D eigenvalue weighted by Crippen LogP contribution is 2.28. The lowest BCUT2D eigenvalue weighted by molar-refractivity contribution is 0.531. The molecule has 0 fully saturated rings. The standard InChI is InChI=1S/C8H9BrN4S/c9-6-1-2-14-8(6)7(10)3-13-5-11-4-12-13/h1-2,4-5,7H,3,10H2. The first-order valence-electron chi connectivity index (χ1n) is 4.08. The van der Waals surface area contributed by atoms with Crippen LogP contribution < -0.4 is 5.73 Å². The maximum Gasteiger partial charge on any atom is 0.137 e. The molecule has 4 nitrogen and oxygen atoms in total. The second-order valence-corrected chi connectivity index (χ2v) is 4.66. The van der Waals surface area contributed by atoms with Crippen LogP contribution in [0.15, 0.2) is 28.6 Å². The monoisotopic (exact) mass is 272 g/mol. The van der Waals surface area contributed by atoms with Gasteiger partial charge in [0.1, 0.15) is 12.7 Å². The third-order valence-electron chi connectivity index (χ3n) is 1.83. The van der Waals surface area contributed by atoms with Gasteiger partial charge in [-0.2, -0.15) is 5.10 Å². The van der Waals surface area contributed by atoms with Crippen molar-refractivity contribution in [3.05, 3.63) is 33.5 Å². The summed E-state index contributed by atoms with van der Waals surface area (Å²) in [5.74, 6) is 0. The van der Waals surface area contributed by atoms with Crippen LogP contribution >= 0.6 is 27.3 Å². The van der Waals surface area contributed by atoms with Crippen molar-refractivity contribution in [1.82, 2.24) is 14.8 Å². The zero-order valence-electron chi connectivity index (χ0n) is 7.30. The zero-order valence-corrected chi connectivity index (χ0v) is 9.70. The fraction of sp³-hybridized carbons (Fsp3) is 0.250. The predicted molar refractivity (Wildman–Crippen MR) is 59.0 cm³/mol. The number of nitrogens with two attached hydrogens (primary N) is 1. The summed E-state index contributed by atoms with van der Waals surface area (Å²) >= 11 is 5.10. The normalized spacial score (nSPS) is 13.0. The van der Waals surface area contributed by atoms with E-state index in [-0.39, 0.29) is 6.04 Å². The lowest BCUT2D eigenvalue weighted by Gasteiger charge is -2.09. The molecule has 2 heterocycles. The second kappa shape index (κ2) is 4.20. The molecule has 2 rings (SSSR count). The van der Waals surface area contributed by atoms with E-state index >= 15 is 0 Å². The van der Waals surface area contributed by atoms with Crippen LogP contribution in [0.1, 0.15) is 10.9 Å². The largest absolute Gasteiger partial charge is 0.322 e. The molecule has 1 unspecified atom stereocenters. The molecule has 0 bridgehead atoms. The average molecular weight is 273 g/mol. The SMILES string of the molecule is NC(Cn1cncn1)c1sccc1Br. The van der Waals surface area contributed by atoms with Crippen molar-refractivity contribution in [3.8, 4) is 0 Å². The van der Waals surface area contributed by atoms with Crippen molar-refractivity contribution in [2.75, 3.05) is 0 Å². The number of hydrogen-bond acceptors (Lipinski definition) is 4. The first kappa shape index (κ1) is 9.82. The van der Waals surface area contributed by atoms with E-state index < -0.39 is 0 Å². The minimum atomic E-state index is -0.0360. The molecule has 2 N–H and O–H groups in total. The van der Waals surface area contributed by atoms with Gasteiger partial charge in [0.25, 0.3) is 0 Å². The number of thiophene rings is 1. The van der Waals surface area contributed by atoms with E-state index in [0.717, 1.165) is 9.35 Å². The molecule has 1 atom stereocenters. The molecular formula is C8H9BrN4S. The first-order chi connectivity index (χ1) is 6.77. The van der Waals surface area contributed by atoms with Crippen LogP contribution in [-0.2, 0) is 6.54 Å². The lowest BCUT2D eigenvalue weighted by atomic mass is 10.2. The molecule has 0 saturated heterocycles. The molecule has 2 aromatic rings. The number of nitrogens with zero attached hydrogens (tertiary/aromatic N) is 3. The summed E-state index contributed by atoms with van der Waals surface area (Å²) in [4.78, 5) is 5.01. The van der Waals surface area contributed by atoms with Gasteiger partial charge in [-0.1, -0.05) is 0 Å². The van der Waals surface area contributed by atoms with Crippen molar-refractivity contribution in [3.63, 3.8) is 0 Å². The van der Waals surface area contributed by atoms with Gasteiger partial charge in [-0.3, -0.25) is 4.68 Å². The smallest absolute Gasteiger partial charge is 0.137 e.